The summed E-state index contributed by atoms with van der Waals surface area (Å²) in [6.07, 6.45) is -1.42. The quantitative estimate of drug-likeness (QED) is 0.0925. The summed E-state index contributed by atoms with van der Waals surface area (Å²) >= 11 is 1.20. The SMILES string of the molecule is CC[C@H](C)[C@@H]1NC(=O)CNC(=O)[C@@H]2Cc3c(n(CCCCN)c4cc(OC)ccc34)SC[C@H](CNC(=O)CNC1=O)C(=O)N[C@@H](CC(N)=O)C(=O)N1C[C@H](O)CC1C(=O)N[C@H]([C@@H](C)C(C)O[Si](C)(C)C(C)(C)C)C(=O)N2. The molecule has 1 aromatic carbocycles. The maximum Gasteiger partial charge on any atom is 0.246 e. The Morgan fingerprint density at radius 1 is 0.882 bits per heavy atom. The van der Waals surface area contributed by atoms with E-state index in [4.69, 9.17) is 20.6 Å². The highest BCUT2D eigenvalue weighted by atomic mass is 32.2. The topological polar surface area (TPSA) is 337 Å². The van der Waals surface area contributed by atoms with Crippen molar-refractivity contribution in [1.29, 1.82) is 0 Å². The van der Waals surface area contributed by atoms with Gasteiger partial charge in [-0.3, -0.25) is 43.2 Å². The number of thioether (sulfide) groups is 1. The Hall–Kier alpha value is -5.76. The first kappa shape index (κ1) is 61.1. The molecule has 1 fully saturated rings. The number of benzene rings is 1. The van der Waals surface area contributed by atoms with E-state index >= 15 is 4.79 Å². The fourth-order valence-electron chi connectivity index (χ4n) is 9.28. The molecule has 0 aliphatic carbocycles. The highest BCUT2D eigenvalue weighted by Gasteiger charge is 2.46. The van der Waals surface area contributed by atoms with E-state index in [1.807, 2.05) is 36.7 Å². The molecule has 422 valence electrons. The number of aliphatic hydroxyl groups excluding tert-OH is 1. The van der Waals surface area contributed by atoms with Gasteiger partial charge in [0, 0.05) is 61.7 Å². The number of unbranched alkanes of at least 4 members (excludes halogenated alkanes) is 1. The molecule has 9 amide bonds. The van der Waals surface area contributed by atoms with Gasteiger partial charge in [0.05, 0.1) is 49.2 Å². The van der Waals surface area contributed by atoms with Gasteiger partial charge in [0.15, 0.2) is 8.32 Å². The number of ether oxygens (including phenoxy) is 1. The minimum absolute atomic E-state index is 0.0931. The van der Waals surface area contributed by atoms with Crippen LogP contribution in [0.15, 0.2) is 23.2 Å². The predicted octanol–water partition coefficient (Wildman–Crippen LogP) is -0.116. The van der Waals surface area contributed by atoms with E-state index in [-0.39, 0.29) is 36.7 Å². The molecule has 0 radical (unpaired) electrons. The van der Waals surface area contributed by atoms with Crippen LogP contribution in [0.1, 0.15) is 86.1 Å². The van der Waals surface area contributed by atoms with Crippen molar-refractivity contribution in [1.82, 2.24) is 46.7 Å². The number of primary amides is 1. The molecule has 5 rings (SSSR count). The molecule has 1 aromatic heterocycles. The van der Waals surface area contributed by atoms with E-state index in [0.29, 0.717) is 59.6 Å². The fourth-order valence-corrected chi connectivity index (χ4v) is 12.1. The van der Waals surface area contributed by atoms with Crippen LogP contribution in [0, 0.1) is 17.8 Å². The molecule has 12 N–H and O–H groups in total. The number of nitrogens with two attached hydrogens (primary N) is 2. The van der Waals surface area contributed by atoms with E-state index in [1.165, 1.54) is 18.9 Å². The Morgan fingerprint density at radius 2 is 1.57 bits per heavy atom. The molecule has 2 unspecified atom stereocenters. The molecule has 0 spiro atoms. The monoisotopic (exact) mass is 1100 g/mol. The van der Waals surface area contributed by atoms with Crippen molar-refractivity contribution in [3.05, 3.63) is 23.8 Å². The van der Waals surface area contributed by atoms with Crippen molar-refractivity contribution in [3.63, 3.8) is 0 Å². The van der Waals surface area contributed by atoms with Crippen LogP contribution in [0.4, 0.5) is 0 Å². The number of carbonyl (C=O) groups excluding carboxylic acids is 9. The zero-order chi connectivity index (χ0) is 56.4. The lowest BCUT2D eigenvalue weighted by molar-refractivity contribution is -0.144. The number of aromatic nitrogens is 1. The Balaban J connectivity index is 1.79. The maximum absolute atomic E-state index is 15.3. The summed E-state index contributed by atoms with van der Waals surface area (Å²) < 4.78 is 14.4. The number of amides is 9. The maximum atomic E-state index is 15.3. The molecule has 3 aliphatic rings. The van der Waals surface area contributed by atoms with Crippen molar-refractivity contribution < 1.29 is 57.4 Å². The van der Waals surface area contributed by atoms with Crippen LogP contribution in [-0.2, 0) is 60.5 Å². The molecular weight excluding hydrogens is 1020 g/mol. The summed E-state index contributed by atoms with van der Waals surface area (Å²) in [6.45, 7) is 16.2. The van der Waals surface area contributed by atoms with E-state index < -0.39 is 141 Å². The van der Waals surface area contributed by atoms with Gasteiger partial charge in [-0.25, -0.2) is 0 Å². The minimum atomic E-state index is -2.53. The van der Waals surface area contributed by atoms with Crippen LogP contribution in [-0.4, -0.2) is 164 Å². The fraction of sp³-hybridized carbons (Fsp3) is 0.667. The summed E-state index contributed by atoms with van der Waals surface area (Å²) in [4.78, 5) is 129. The molecule has 76 heavy (non-hydrogen) atoms. The number of nitrogens with zero attached hydrogens (tertiary/aromatic N) is 2. The number of hydrogen-bond acceptors (Lipinski definition) is 14. The van der Waals surface area contributed by atoms with E-state index in [1.54, 1.807) is 26.8 Å². The minimum Gasteiger partial charge on any atom is -0.497 e. The summed E-state index contributed by atoms with van der Waals surface area (Å²) in [5, 5.41) is 31.0. The highest BCUT2D eigenvalue weighted by molar-refractivity contribution is 7.99. The zero-order valence-electron chi connectivity index (χ0n) is 45.6. The Labute approximate surface area is 450 Å². The van der Waals surface area contributed by atoms with E-state index in [2.05, 4.69) is 58.0 Å². The molecule has 4 heterocycles. The van der Waals surface area contributed by atoms with Crippen molar-refractivity contribution >= 4 is 84.1 Å². The van der Waals surface area contributed by atoms with Crippen molar-refractivity contribution in [3.8, 4) is 5.75 Å². The third-order valence-electron chi connectivity index (χ3n) is 15.2. The molecule has 0 saturated carbocycles. The number of nitrogens with one attached hydrogen (secondary N) is 7. The second-order valence-corrected chi connectivity index (χ2v) is 27.6. The van der Waals surface area contributed by atoms with Gasteiger partial charge in [0.25, 0.3) is 0 Å². The third-order valence-corrected chi connectivity index (χ3v) is 21.1. The molecule has 2 bridgehead atoms. The van der Waals surface area contributed by atoms with Gasteiger partial charge in [-0.15, -0.1) is 11.8 Å². The average molecular weight is 1100 g/mol. The highest BCUT2D eigenvalue weighted by Crippen LogP contribution is 2.40. The van der Waals surface area contributed by atoms with Crippen LogP contribution in [0.3, 0.4) is 0 Å². The Bertz CT molecular complexity index is 2490. The van der Waals surface area contributed by atoms with Crippen LogP contribution in [0.5, 0.6) is 5.75 Å². The van der Waals surface area contributed by atoms with Crippen molar-refractivity contribution in [2.45, 2.75) is 159 Å². The number of aryl methyl sites for hydroxylation is 1. The molecule has 1 saturated heterocycles. The van der Waals surface area contributed by atoms with Crippen molar-refractivity contribution in [2.24, 2.45) is 29.2 Å². The molecule has 2 aromatic rings. The summed E-state index contributed by atoms with van der Waals surface area (Å²) in [7, 11) is -1.01. The number of fused-ring (bicyclic) bond motifs is 5. The Kier molecular flexibility index (Phi) is 21.3. The van der Waals surface area contributed by atoms with Gasteiger partial charge in [0.2, 0.25) is 53.2 Å². The number of aliphatic hydroxyl groups is 1. The Morgan fingerprint density at radius 3 is 2.21 bits per heavy atom. The number of methoxy groups -OCH3 is 1. The van der Waals surface area contributed by atoms with Gasteiger partial charge in [-0.1, -0.05) is 48.0 Å². The molecule has 25 heteroatoms. The van der Waals surface area contributed by atoms with Gasteiger partial charge < -0.3 is 72.4 Å². The number of hydrogen-bond donors (Lipinski definition) is 10. The third kappa shape index (κ3) is 15.2. The number of rotatable bonds is 13. The summed E-state index contributed by atoms with van der Waals surface area (Å²) in [6, 6.07) is -1.71. The lowest BCUT2D eigenvalue weighted by Crippen LogP contribution is -2.61. The molecule has 23 nitrogen and oxygen atoms in total. The summed E-state index contributed by atoms with van der Waals surface area (Å²) in [5.74, 6) is -9.19. The van der Waals surface area contributed by atoms with Gasteiger partial charge in [0.1, 0.15) is 36.0 Å². The summed E-state index contributed by atoms with van der Waals surface area (Å²) in [5.41, 5.74) is 12.9. The first-order chi connectivity index (χ1) is 35.7. The molecular formula is C51H81N11O12SSi. The lowest BCUT2D eigenvalue weighted by atomic mass is 9.94. The first-order valence-corrected chi connectivity index (χ1v) is 30.1. The normalized spacial score (nSPS) is 25.5. The van der Waals surface area contributed by atoms with Gasteiger partial charge >= 0.3 is 0 Å². The second kappa shape index (κ2) is 26.5. The second-order valence-electron chi connectivity index (χ2n) is 21.8. The average Bonchev–Trinajstić information content (AvgIpc) is 3.89. The van der Waals surface area contributed by atoms with Gasteiger partial charge in [-0.05, 0) is 68.1 Å². The lowest BCUT2D eigenvalue weighted by Gasteiger charge is -2.41. The predicted molar refractivity (Wildman–Crippen MR) is 288 cm³/mol. The largest absolute Gasteiger partial charge is 0.497 e. The van der Waals surface area contributed by atoms with E-state index in [9.17, 15) is 43.5 Å². The van der Waals surface area contributed by atoms with Gasteiger partial charge in [-0.2, -0.15) is 0 Å². The number of carbonyl (C=O) groups is 9. The smallest absolute Gasteiger partial charge is 0.246 e. The molecule has 10 atom stereocenters. The van der Waals surface area contributed by atoms with Crippen LogP contribution in [0.25, 0.3) is 10.9 Å². The van der Waals surface area contributed by atoms with E-state index in [0.717, 1.165) is 4.90 Å². The zero-order valence-corrected chi connectivity index (χ0v) is 47.4. The van der Waals surface area contributed by atoms with Crippen LogP contribution >= 0.6 is 11.8 Å². The van der Waals surface area contributed by atoms with Crippen molar-refractivity contribution in [2.75, 3.05) is 45.6 Å². The first-order valence-electron chi connectivity index (χ1n) is 26.2. The molecule has 3 aliphatic heterocycles. The van der Waals surface area contributed by atoms with Crippen LogP contribution in [0.2, 0.25) is 18.1 Å². The standard InChI is InChI=1S/C51H81N11O12SSi/c1-11-27(2)42-47(70)56-23-40(65)54-22-30-26-75-50-34(33-15-14-32(73-8)19-37(33)61(50)17-13-12-16-52)20-35(45(68)55-24-41(66)59-42)57-48(71)43(28(3)29(4)74-76(9,10)51(5,6)7)60-46(69)38-18-31(63)25-62(38)49(72)36(21-39(53)64)58-44(30)67/h14-15,19,27-31,35-36,38,42-43,63H,11-13,16-18,20-26,52H2,1-10H3,(H2,53,64)(H,54,65)(H,55,68)(H,56,70)(H,57,71)(H,58,67)(H,59,66)(H,60,69)/t27-,28-,29?,30-,31+,35-,36-,38?,42-,43+/m0/s1. The van der Waals surface area contributed by atoms with Crippen LogP contribution < -0.4 is 53.4 Å².